The van der Waals surface area contributed by atoms with Crippen molar-refractivity contribution >= 4 is 28.4 Å². The number of alkyl halides is 3. The Balaban J connectivity index is 1.85. The minimum Gasteiger partial charge on any atom is -0.436 e. The van der Waals surface area contributed by atoms with E-state index in [0.29, 0.717) is 27.7 Å². The van der Waals surface area contributed by atoms with E-state index in [1.165, 1.54) is 24.8 Å². The van der Waals surface area contributed by atoms with Crippen LogP contribution in [0.1, 0.15) is 5.56 Å². The van der Waals surface area contributed by atoms with Crippen LogP contribution in [0.15, 0.2) is 61.2 Å². The number of ether oxygens (including phenoxy) is 1. The second-order valence-electron chi connectivity index (χ2n) is 6.06. The molecular weight excluding hydrogens is 421 g/mol. The molecule has 0 atom stereocenters. The Morgan fingerprint density at radius 3 is 2.37 bits per heavy atom. The van der Waals surface area contributed by atoms with Crippen LogP contribution in [0, 0.1) is 0 Å². The van der Waals surface area contributed by atoms with Crippen LogP contribution < -0.4 is 15.1 Å². The Bertz CT molecular complexity index is 1190. The predicted molar refractivity (Wildman–Crippen MR) is 105 cm³/mol. The SMILES string of the molecule is FC(F)(F)c1ccc(-c2cncnc2)c(Oc2nnc(NNCl)c3ccccc23)c1. The largest absolute Gasteiger partial charge is 0.436 e. The number of aromatic nitrogens is 4. The van der Waals surface area contributed by atoms with Gasteiger partial charge in [0.25, 0.3) is 0 Å². The maximum Gasteiger partial charge on any atom is 0.416 e. The standard InChI is InChI=1S/C19H12ClF3N6O/c20-29-27-17-14-3-1-2-4-15(14)18(28-26-17)30-16-7-12(19(21,22)23)5-6-13(16)11-8-24-10-25-9-11/h1-10,29H,(H,26,27). The van der Waals surface area contributed by atoms with E-state index in [4.69, 9.17) is 16.5 Å². The van der Waals surface area contributed by atoms with Gasteiger partial charge in [0, 0.05) is 34.3 Å². The molecule has 0 saturated carbocycles. The van der Waals surface area contributed by atoms with Gasteiger partial charge in [-0.25, -0.2) is 9.97 Å². The zero-order chi connectivity index (χ0) is 21.1. The van der Waals surface area contributed by atoms with Crippen molar-refractivity contribution in [2.75, 3.05) is 5.43 Å². The van der Waals surface area contributed by atoms with Gasteiger partial charge in [-0.1, -0.05) is 18.2 Å². The molecule has 0 aliphatic rings. The van der Waals surface area contributed by atoms with Gasteiger partial charge in [-0.3, -0.25) is 5.43 Å². The van der Waals surface area contributed by atoms with Crippen LogP contribution in [0.2, 0.25) is 0 Å². The van der Waals surface area contributed by atoms with Gasteiger partial charge in [-0.15, -0.1) is 15.1 Å². The fraction of sp³-hybridized carbons (Fsp3) is 0.0526. The third-order valence-electron chi connectivity index (χ3n) is 4.21. The number of nitrogens with one attached hydrogen (secondary N) is 2. The summed E-state index contributed by atoms with van der Waals surface area (Å²) in [6, 6.07) is 10.1. The van der Waals surface area contributed by atoms with Crippen molar-refractivity contribution in [3.05, 3.63) is 66.7 Å². The van der Waals surface area contributed by atoms with Gasteiger partial charge < -0.3 is 4.74 Å². The summed E-state index contributed by atoms with van der Waals surface area (Å²) in [7, 11) is 0. The van der Waals surface area contributed by atoms with E-state index in [2.05, 4.69) is 30.5 Å². The van der Waals surface area contributed by atoms with Gasteiger partial charge in [-0.2, -0.15) is 13.2 Å². The Morgan fingerprint density at radius 2 is 1.67 bits per heavy atom. The first-order valence-electron chi connectivity index (χ1n) is 8.49. The molecule has 30 heavy (non-hydrogen) atoms. The van der Waals surface area contributed by atoms with Crippen LogP contribution in [-0.2, 0) is 6.18 Å². The number of benzene rings is 2. The van der Waals surface area contributed by atoms with E-state index in [0.717, 1.165) is 12.1 Å². The minimum absolute atomic E-state index is 0.0307. The Hall–Kier alpha value is -3.50. The van der Waals surface area contributed by atoms with Crippen molar-refractivity contribution in [2.24, 2.45) is 0 Å². The molecule has 2 heterocycles. The molecule has 4 rings (SSSR count). The third kappa shape index (κ3) is 3.95. The molecule has 2 aromatic carbocycles. The van der Waals surface area contributed by atoms with Gasteiger partial charge in [-0.05, 0) is 36.0 Å². The number of anilines is 1. The highest BCUT2D eigenvalue weighted by Gasteiger charge is 2.31. The van der Waals surface area contributed by atoms with Crippen LogP contribution in [0.25, 0.3) is 21.9 Å². The van der Waals surface area contributed by atoms with Crippen molar-refractivity contribution in [1.82, 2.24) is 25.1 Å². The molecule has 0 aliphatic carbocycles. The maximum absolute atomic E-state index is 13.3. The van der Waals surface area contributed by atoms with Gasteiger partial charge >= 0.3 is 6.18 Å². The highest BCUT2D eigenvalue weighted by atomic mass is 35.5. The number of hydrogen-bond donors (Lipinski definition) is 2. The summed E-state index contributed by atoms with van der Waals surface area (Å²) in [6.45, 7) is 0. The van der Waals surface area contributed by atoms with Crippen LogP contribution in [0.4, 0.5) is 19.0 Å². The number of halogens is 4. The molecule has 0 saturated heterocycles. The Labute approximate surface area is 173 Å². The zero-order valence-electron chi connectivity index (χ0n) is 15.0. The van der Waals surface area contributed by atoms with E-state index < -0.39 is 11.7 Å². The highest BCUT2D eigenvalue weighted by Crippen LogP contribution is 2.40. The van der Waals surface area contributed by atoms with Crippen LogP contribution >= 0.6 is 11.8 Å². The lowest BCUT2D eigenvalue weighted by Crippen LogP contribution is -2.11. The van der Waals surface area contributed by atoms with E-state index >= 15 is 0 Å². The molecule has 152 valence electrons. The lowest BCUT2D eigenvalue weighted by Gasteiger charge is -2.15. The van der Waals surface area contributed by atoms with Crippen molar-refractivity contribution < 1.29 is 17.9 Å². The molecule has 2 aromatic heterocycles. The topological polar surface area (TPSA) is 84.9 Å². The summed E-state index contributed by atoms with van der Waals surface area (Å²) in [6.07, 6.45) is -0.266. The molecule has 0 fully saturated rings. The smallest absolute Gasteiger partial charge is 0.416 e. The molecule has 11 heteroatoms. The molecule has 2 N–H and O–H groups in total. The van der Waals surface area contributed by atoms with E-state index in [1.807, 2.05) is 0 Å². The zero-order valence-corrected chi connectivity index (χ0v) is 15.7. The molecule has 0 radical (unpaired) electrons. The highest BCUT2D eigenvalue weighted by molar-refractivity contribution is 6.14. The fourth-order valence-corrected chi connectivity index (χ4v) is 2.95. The lowest BCUT2D eigenvalue weighted by atomic mass is 10.0. The molecule has 0 spiro atoms. The van der Waals surface area contributed by atoms with Gasteiger partial charge in [0.05, 0.1) is 5.56 Å². The number of fused-ring (bicyclic) bond motifs is 1. The van der Waals surface area contributed by atoms with Gasteiger partial charge in [0.1, 0.15) is 12.1 Å². The van der Waals surface area contributed by atoms with Crippen LogP contribution in [0.3, 0.4) is 0 Å². The average Bonchev–Trinajstić information content (AvgIpc) is 2.75. The maximum atomic E-state index is 13.3. The van der Waals surface area contributed by atoms with E-state index in [-0.39, 0.29) is 11.6 Å². The lowest BCUT2D eigenvalue weighted by molar-refractivity contribution is -0.137. The quantitative estimate of drug-likeness (QED) is 0.340. The number of nitrogens with zero attached hydrogens (tertiary/aromatic N) is 4. The molecular formula is C19H12ClF3N6O. The van der Waals surface area contributed by atoms with Gasteiger partial charge in [0.15, 0.2) is 5.82 Å². The second-order valence-corrected chi connectivity index (χ2v) is 6.25. The van der Waals surface area contributed by atoms with Crippen molar-refractivity contribution in [1.29, 1.82) is 0 Å². The molecule has 0 amide bonds. The van der Waals surface area contributed by atoms with Crippen molar-refractivity contribution in [3.8, 4) is 22.8 Å². The first-order valence-corrected chi connectivity index (χ1v) is 8.86. The summed E-state index contributed by atoms with van der Waals surface area (Å²) < 4.78 is 45.7. The molecule has 0 aliphatic heterocycles. The van der Waals surface area contributed by atoms with Crippen molar-refractivity contribution in [3.63, 3.8) is 0 Å². The normalized spacial score (nSPS) is 11.5. The Kier molecular flexibility index (Phi) is 5.34. The molecule has 4 aromatic rings. The van der Waals surface area contributed by atoms with E-state index in [1.54, 1.807) is 24.3 Å². The average molecular weight is 433 g/mol. The number of hydrogen-bond acceptors (Lipinski definition) is 7. The number of rotatable bonds is 5. The molecule has 0 bridgehead atoms. The van der Waals surface area contributed by atoms with Crippen molar-refractivity contribution in [2.45, 2.75) is 6.18 Å². The third-order valence-corrected chi connectivity index (χ3v) is 4.30. The first-order chi connectivity index (χ1) is 14.5. The minimum atomic E-state index is -4.54. The molecule has 0 unspecified atom stereocenters. The van der Waals surface area contributed by atoms with Crippen LogP contribution in [-0.4, -0.2) is 20.2 Å². The monoisotopic (exact) mass is 432 g/mol. The summed E-state index contributed by atoms with van der Waals surface area (Å²) in [4.78, 5) is 10.1. The Morgan fingerprint density at radius 1 is 0.933 bits per heavy atom. The summed E-state index contributed by atoms with van der Waals surface area (Å²) >= 11 is 5.48. The number of hydrazine groups is 1. The molecule has 7 nitrogen and oxygen atoms in total. The summed E-state index contributed by atoms with van der Waals surface area (Å²) in [5.41, 5.74) is 2.63. The summed E-state index contributed by atoms with van der Waals surface area (Å²) in [5, 5.41) is 9.11. The van der Waals surface area contributed by atoms with Gasteiger partial charge in [0.2, 0.25) is 5.88 Å². The fourth-order valence-electron chi connectivity index (χ4n) is 2.86. The summed E-state index contributed by atoms with van der Waals surface area (Å²) in [5.74, 6) is 0.298. The van der Waals surface area contributed by atoms with E-state index in [9.17, 15) is 13.2 Å². The second kappa shape index (κ2) is 8.09. The first kappa shape index (κ1) is 19.8. The predicted octanol–water partition coefficient (Wildman–Crippen LogP) is 4.97. The van der Waals surface area contributed by atoms with Crippen LogP contribution in [0.5, 0.6) is 11.6 Å².